The van der Waals surface area contributed by atoms with Crippen molar-refractivity contribution in [3.8, 4) is 0 Å². The summed E-state index contributed by atoms with van der Waals surface area (Å²) in [7, 11) is 2.08. The van der Waals surface area contributed by atoms with Crippen LogP contribution in [-0.4, -0.2) is 18.1 Å². The molecule has 1 saturated carbocycles. The van der Waals surface area contributed by atoms with Crippen LogP contribution in [0, 0.1) is 5.92 Å². The van der Waals surface area contributed by atoms with E-state index in [1.807, 2.05) is 6.20 Å². The molecule has 1 atom stereocenters. The van der Waals surface area contributed by atoms with E-state index in [-0.39, 0.29) is 0 Å². The first-order valence-corrected chi connectivity index (χ1v) is 7.85. The quantitative estimate of drug-likeness (QED) is 0.891. The van der Waals surface area contributed by atoms with E-state index < -0.39 is 0 Å². The third-order valence-corrected chi connectivity index (χ3v) is 4.46. The summed E-state index contributed by atoms with van der Waals surface area (Å²) >= 11 is 3.43. The Morgan fingerprint density at radius 2 is 2.11 bits per heavy atom. The summed E-state index contributed by atoms with van der Waals surface area (Å²) in [4.78, 5) is 4.47. The zero-order valence-electron chi connectivity index (χ0n) is 11.2. The van der Waals surface area contributed by atoms with E-state index in [0.717, 1.165) is 16.8 Å². The van der Waals surface area contributed by atoms with Gasteiger partial charge in [-0.2, -0.15) is 0 Å². The Bertz CT molecular complexity index is 344. The predicted molar refractivity (Wildman–Crippen MR) is 79.7 cm³/mol. The van der Waals surface area contributed by atoms with E-state index in [2.05, 4.69) is 45.4 Å². The van der Waals surface area contributed by atoms with Gasteiger partial charge < -0.3 is 5.32 Å². The minimum atomic E-state index is 0.571. The van der Waals surface area contributed by atoms with Crippen molar-refractivity contribution in [2.45, 2.75) is 51.0 Å². The number of hydrogen-bond acceptors (Lipinski definition) is 2. The Hall–Kier alpha value is -0.410. The number of rotatable bonds is 5. The molecule has 1 aromatic rings. The van der Waals surface area contributed by atoms with Crippen LogP contribution in [0.3, 0.4) is 0 Å². The maximum atomic E-state index is 4.47. The normalized spacial score (nSPS) is 18.8. The fraction of sp³-hybridized carbons (Fsp3) is 0.667. The van der Waals surface area contributed by atoms with Gasteiger partial charge in [0.15, 0.2) is 0 Å². The van der Waals surface area contributed by atoms with E-state index in [4.69, 9.17) is 0 Å². The highest BCUT2D eigenvalue weighted by molar-refractivity contribution is 9.10. The summed E-state index contributed by atoms with van der Waals surface area (Å²) in [5.41, 5.74) is 1.19. The largest absolute Gasteiger partial charge is 0.317 e. The topological polar surface area (TPSA) is 24.9 Å². The van der Waals surface area contributed by atoms with E-state index in [1.54, 1.807) is 0 Å². The van der Waals surface area contributed by atoms with E-state index in [9.17, 15) is 0 Å². The molecule has 3 heteroatoms. The fourth-order valence-electron chi connectivity index (χ4n) is 2.91. The van der Waals surface area contributed by atoms with Crippen LogP contribution >= 0.6 is 15.9 Å². The standard InChI is InChI=1S/C15H23BrN2/c1-17-15(9-12-5-3-2-4-6-12)10-14-8-7-13(16)11-18-14/h7-8,11-12,15,17H,2-6,9-10H2,1H3. The van der Waals surface area contributed by atoms with Gasteiger partial charge in [-0.15, -0.1) is 0 Å². The van der Waals surface area contributed by atoms with Gasteiger partial charge in [-0.25, -0.2) is 0 Å². The number of nitrogens with one attached hydrogen (secondary N) is 1. The van der Waals surface area contributed by atoms with Crippen LogP contribution in [0.25, 0.3) is 0 Å². The second-order valence-electron chi connectivity index (χ2n) is 5.40. The zero-order chi connectivity index (χ0) is 12.8. The summed E-state index contributed by atoms with van der Waals surface area (Å²) in [6.45, 7) is 0. The number of pyridine rings is 1. The monoisotopic (exact) mass is 310 g/mol. The molecule has 1 aliphatic rings. The smallest absolute Gasteiger partial charge is 0.0419 e. The molecule has 2 rings (SSSR count). The molecular formula is C15H23BrN2. The third-order valence-electron chi connectivity index (χ3n) is 4.00. The van der Waals surface area contributed by atoms with Crippen LogP contribution in [0.2, 0.25) is 0 Å². The van der Waals surface area contributed by atoms with Crippen LogP contribution in [0.4, 0.5) is 0 Å². The molecule has 0 spiro atoms. The van der Waals surface area contributed by atoms with Gasteiger partial charge in [0.25, 0.3) is 0 Å². The van der Waals surface area contributed by atoms with Crippen LogP contribution in [0.1, 0.15) is 44.2 Å². The maximum Gasteiger partial charge on any atom is 0.0419 e. The van der Waals surface area contributed by atoms with Gasteiger partial charge >= 0.3 is 0 Å². The summed E-state index contributed by atoms with van der Waals surface area (Å²) in [5, 5.41) is 3.46. The molecule has 1 aliphatic carbocycles. The Morgan fingerprint density at radius 3 is 2.72 bits per heavy atom. The lowest BCUT2D eigenvalue weighted by atomic mass is 9.84. The summed E-state index contributed by atoms with van der Waals surface area (Å²) in [6.07, 6.45) is 11.4. The molecule has 0 aliphatic heterocycles. The van der Waals surface area contributed by atoms with Gasteiger partial charge in [0, 0.05) is 28.8 Å². The first-order chi connectivity index (χ1) is 8.78. The average Bonchev–Trinajstić information content (AvgIpc) is 2.41. The molecule has 18 heavy (non-hydrogen) atoms. The molecule has 0 saturated heterocycles. The van der Waals surface area contributed by atoms with Crippen molar-refractivity contribution in [2.75, 3.05) is 7.05 Å². The summed E-state index contributed by atoms with van der Waals surface area (Å²) in [6, 6.07) is 4.77. The molecule has 1 N–H and O–H groups in total. The van der Waals surface area contributed by atoms with Gasteiger partial charge in [0.05, 0.1) is 0 Å². The SMILES string of the molecule is CNC(Cc1ccc(Br)cn1)CC1CCCCC1. The van der Waals surface area contributed by atoms with Gasteiger partial charge in [-0.1, -0.05) is 32.1 Å². The minimum absolute atomic E-state index is 0.571. The van der Waals surface area contributed by atoms with Crippen molar-refractivity contribution in [2.24, 2.45) is 5.92 Å². The molecule has 0 aromatic carbocycles. The minimum Gasteiger partial charge on any atom is -0.317 e. The van der Waals surface area contributed by atoms with Crippen molar-refractivity contribution in [3.05, 3.63) is 28.5 Å². The van der Waals surface area contributed by atoms with Crippen molar-refractivity contribution >= 4 is 15.9 Å². The Kier molecular flexibility index (Phi) is 5.64. The van der Waals surface area contributed by atoms with Crippen molar-refractivity contribution in [1.29, 1.82) is 0 Å². The van der Waals surface area contributed by atoms with Crippen molar-refractivity contribution in [3.63, 3.8) is 0 Å². The number of likely N-dealkylation sites (N-methyl/N-ethyl adjacent to an activating group) is 1. The van der Waals surface area contributed by atoms with E-state index >= 15 is 0 Å². The van der Waals surface area contributed by atoms with Crippen molar-refractivity contribution < 1.29 is 0 Å². The molecule has 1 heterocycles. The summed E-state index contributed by atoms with van der Waals surface area (Å²) in [5.74, 6) is 0.923. The molecule has 100 valence electrons. The lowest BCUT2D eigenvalue weighted by Gasteiger charge is -2.26. The first kappa shape index (κ1) is 14.0. The Labute approximate surface area is 119 Å². The van der Waals surface area contributed by atoms with Gasteiger partial charge in [0.1, 0.15) is 0 Å². The number of nitrogens with zero attached hydrogens (tertiary/aromatic N) is 1. The number of hydrogen-bond donors (Lipinski definition) is 1. The second kappa shape index (κ2) is 7.25. The van der Waals surface area contributed by atoms with Crippen LogP contribution in [0.5, 0.6) is 0 Å². The lowest BCUT2D eigenvalue weighted by Crippen LogP contribution is -2.31. The van der Waals surface area contributed by atoms with E-state index in [1.165, 1.54) is 44.2 Å². The highest BCUT2D eigenvalue weighted by Crippen LogP contribution is 2.27. The van der Waals surface area contributed by atoms with Crippen LogP contribution in [-0.2, 0) is 6.42 Å². The summed E-state index contributed by atoms with van der Waals surface area (Å²) < 4.78 is 1.06. The maximum absolute atomic E-state index is 4.47. The van der Waals surface area contributed by atoms with Gasteiger partial charge in [0.2, 0.25) is 0 Å². The molecule has 0 amide bonds. The highest BCUT2D eigenvalue weighted by Gasteiger charge is 2.18. The Balaban J connectivity index is 1.86. The van der Waals surface area contributed by atoms with Gasteiger partial charge in [-0.05, 0) is 47.4 Å². The van der Waals surface area contributed by atoms with Gasteiger partial charge in [-0.3, -0.25) is 4.98 Å². The molecule has 2 nitrogen and oxygen atoms in total. The molecule has 1 aromatic heterocycles. The zero-order valence-corrected chi connectivity index (χ0v) is 12.7. The number of aromatic nitrogens is 1. The predicted octanol–water partition coefficient (Wildman–Crippen LogP) is 3.95. The molecule has 0 bridgehead atoms. The van der Waals surface area contributed by atoms with Crippen LogP contribution < -0.4 is 5.32 Å². The average molecular weight is 311 g/mol. The van der Waals surface area contributed by atoms with Crippen LogP contribution in [0.15, 0.2) is 22.8 Å². The third kappa shape index (κ3) is 4.36. The Morgan fingerprint density at radius 1 is 1.33 bits per heavy atom. The molecule has 0 radical (unpaired) electrons. The molecule has 1 fully saturated rings. The molecular weight excluding hydrogens is 288 g/mol. The first-order valence-electron chi connectivity index (χ1n) is 7.05. The van der Waals surface area contributed by atoms with E-state index in [0.29, 0.717) is 6.04 Å². The molecule has 1 unspecified atom stereocenters. The highest BCUT2D eigenvalue weighted by atomic mass is 79.9. The number of halogens is 1. The van der Waals surface area contributed by atoms with Crippen molar-refractivity contribution in [1.82, 2.24) is 10.3 Å². The lowest BCUT2D eigenvalue weighted by molar-refractivity contribution is 0.302. The fourth-order valence-corrected chi connectivity index (χ4v) is 3.14. The second-order valence-corrected chi connectivity index (χ2v) is 6.31.